The molecule has 21 heavy (non-hydrogen) atoms. The van der Waals surface area contributed by atoms with Crippen LogP contribution in [0.2, 0.25) is 0 Å². The largest absolute Gasteiger partial charge is 0.494 e. The maximum Gasteiger partial charge on any atom is 0.149 e. The van der Waals surface area contributed by atoms with Crippen LogP contribution < -0.4 is 10.1 Å². The van der Waals surface area contributed by atoms with Gasteiger partial charge in [-0.1, -0.05) is 18.2 Å². The van der Waals surface area contributed by atoms with E-state index in [4.69, 9.17) is 4.74 Å². The number of benzene rings is 2. The number of anilines is 1. The van der Waals surface area contributed by atoms with Crippen molar-refractivity contribution in [1.82, 2.24) is 0 Å². The molecule has 0 saturated heterocycles. The summed E-state index contributed by atoms with van der Waals surface area (Å²) in [6, 6.07) is 9.63. The molecule has 0 radical (unpaired) electrons. The van der Waals surface area contributed by atoms with Crippen molar-refractivity contribution in [1.29, 1.82) is 0 Å². The van der Waals surface area contributed by atoms with Crippen LogP contribution in [0.15, 0.2) is 40.9 Å². The minimum atomic E-state index is -0.628. The van der Waals surface area contributed by atoms with E-state index in [2.05, 4.69) is 21.2 Å². The molecular weight excluding hydrogens is 340 g/mol. The Hall–Kier alpha value is -1.62. The summed E-state index contributed by atoms with van der Waals surface area (Å²) in [6.07, 6.45) is 0. The fourth-order valence-corrected chi connectivity index (χ4v) is 2.41. The van der Waals surface area contributed by atoms with Crippen molar-refractivity contribution in [2.75, 3.05) is 11.9 Å². The summed E-state index contributed by atoms with van der Waals surface area (Å²) in [7, 11) is 0. The van der Waals surface area contributed by atoms with E-state index in [1.54, 1.807) is 0 Å². The first-order chi connectivity index (χ1) is 10.0. The van der Waals surface area contributed by atoms with Crippen LogP contribution in [0.5, 0.6) is 5.75 Å². The van der Waals surface area contributed by atoms with Crippen molar-refractivity contribution in [3.63, 3.8) is 0 Å². The Morgan fingerprint density at radius 3 is 2.62 bits per heavy atom. The molecule has 0 bridgehead atoms. The van der Waals surface area contributed by atoms with Crippen LogP contribution in [0.1, 0.15) is 25.5 Å². The zero-order chi connectivity index (χ0) is 15.4. The highest BCUT2D eigenvalue weighted by Gasteiger charge is 2.14. The van der Waals surface area contributed by atoms with Gasteiger partial charge >= 0.3 is 0 Å². The molecule has 2 nitrogen and oxygen atoms in total. The predicted molar refractivity (Wildman–Crippen MR) is 83.7 cm³/mol. The second-order valence-corrected chi connectivity index (χ2v) is 5.44. The lowest BCUT2D eigenvalue weighted by atomic mass is 10.1. The highest BCUT2D eigenvalue weighted by Crippen LogP contribution is 2.30. The summed E-state index contributed by atoms with van der Waals surface area (Å²) >= 11 is 3.06. The summed E-state index contributed by atoms with van der Waals surface area (Å²) in [5, 5.41) is 3.04. The summed E-state index contributed by atoms with van der Waals surface area (Å²) < 4.78 is 32.8. The van der Waals surface area contributed by atoms with Crippen LogP contribution in [0.25, 0.3) is 0 Å². The molecule has 1 N–H and O–H groups in total. The highest BCUT2D eigenvalue weighted by atomic mass is 79.9. The molecule has 2 aromatic carbocycles. The quantitative estimate of drug-likeness (QED) is 0.734. The Bertz CT molecular complexity index is 634. The lowest BCUT2D eigenvalue weighted by molar-refractivity contribution is 0.335. The number of rotatable bonds is 5. The van der Waals surface area contributed by atoms with Gasteiger partial charge in [-0.05, 0) is 41.9 Å². The van der Waals surface area contributed by atoms with Gasteiger partial charge in [0.25, 0.3) is 0 Å². The maximum atomic E-state index is 13.8. The molecule has 0 aliphatic rings. The minimum absolute atomic E-state index is 0.181. The monoisotopic (exact) mass is 355 g/mol. The van der Waals surface area contributed by atoms with E-state index >= 15 is 0 Å². The standard InChI is InChI=1S/C16H16BrF2NO/c1-3-21-16-7-5-4-6-11(16)10(2)20-15-8-12(17)13(18)9-14(15)19/h4-10,20H,3H2,1-2H3. The number of ether oxygens (including phenoxy) is 1. The third kappa shape index (κ3) is 3.73. The molecule has 112 valence electrons. The molecular formula is C16H16BrF2NO. The van der Waals surface area contributed by atoms with Crippen LogP contribution in [0, 0.1) is 11.6 Å². The number of hydrogen-bond acceptors (Lipinski definition) is 2. The number of hydrogen-bond donors (Lipinski definition) is 1. The molecule has 1 unspecified atom stereocenters. The van der Waals surface area contributed by atoms with E-state index in [1.807, 2.05) is 38.1 Å². The first-order valence-corrected chi connectivity index (χ1v) is 7.45. The van der Waals surface area contributed by atoms with Crippen molar-refractivity contribution < 1.29 is 13.5 Å². The molecule has 5 heteroatoms. The molecule has 0 aliphatic heterocycles. The lowest BCUT2D eigenvalue weighted by Crippen LogP contribution is -2.10. The van der Waals surface area contributed by atoms with Gasteiger partial charge in [-0.2, -0.15) is 0 Å². The first kappa shape index (κ1) is 15.8. The normalized spacial score (nSPS) is 12.0. The van der Waals surface area contributed by atoms with Crippen molar-refractivity contribution in [2.45, 2.75) is 19.9 Å². The molecule has 2 rings (SSSR count). The Balaban J connectivity index is 2.26. The molecule has 1 atom stereocenters. The van der Waals surface area contributed by atoms with Crippen LogP contribution >= 0.6 is 15.9 Å². The van der Waals surface area contributed by atoms with E-state index < -0.39 is 11.6 Å². The minimum Gasteiger partial charge on any atom is -0.494 e. The average Bonchev–Trinajstić information content (AvgIpc) is 2.45. The van der Waals surface area contributed by atoms with Crippen molar-refractivity contribution >= 4 is 21.6 Å². The van der Waals surface area contributed by atoms with Crippen LogP contribution in [0.4, 0.5) is 14.5 Å². The van der Waals surface area contributed by atoms with Gasteiger partial charge in [-0.25, -0.2) is 8.78 Å². The smallest absolute Gasteiger partial charge is 0.149 e. The summed E-state index contributed by atoms with van der Waals surface area (Å²) in [6.45, 7) is 4.36. The van der Waals surface area contributed by atoms with Gasteiger partial charge in [0.2, 0.25) is 0 Å². The summed E-state index contributed by atoms with van der Waals surface area (Å²) in [4.78, 5) is 0. The van der Waals surface area contributed by atoms with Gasteiger partial charge in [0, 0.05) is 11.6 Å². The van der Waals surface area contributed by atoms with Crippen molar-refractivity contribution in [3.05, 3.63) is 58.1 Å². The van der Waals surface area contributed by atoms with Crippen molar-refractivity contribution in [3.8, 4) is 5.75 Å². The van der Waals surface area contributed by atoms with Gasteiger partial charge in [-0.3, -0.25) is 0 Å². The predicted octanol–water partition coefficient (Wildman–Crippen LogP) is 5.30. The fourth-order valence-electron chi connectivity index (χ4n) is 2.07. The lowest BCUT2D eigenvalue weighted by Gasteiger charge is -2.19. The van der Waals surface area contributed by atoms with Gasteiger partial charge in [-0.15, -0.1) is 0 Å². The third-order valence-electron chi connectivity index (χ3n) is 3.07. The van der Waals surface area contributed by atoms with Crippen molar-refractivity contribution in [2.24, 2.45) is 0 Å². The van der Waals surface area contributed by atoms with Gasteiger partial charge in [0.1, 0.15) is 17.4 Å². The molecule has 0 saturated carbocycles. The Morgan fingerprint density at radius 2 is 1.90 bits per heavy atom. The Labute approximate surface area is 131 Å². The Kier molecular flexibility index (Phi) is 5.17. The second-order valence-electron chi connectivity index (χ2n) is 4.58. The molecule has 0 fully saturated rings. The molecule has 0 aromatic heterocycles. The van der Waals surface area contributed by atoms with Crippen LogP contribution in [-0.4, -0.2) is 6.61 Å². The van der Waals surface area contributed by atoms with E-state index in [-0.39, 0.29) is 16.2 Å². The van der Waals surface area contributed by atoms with E-state index in [9.17, 15) is 8.78 Å². The summed E-state index contributed by atoms with van der Waals surface area (Å²) in [5.41, 5.74) is 1.15. The van der Waals surface area contributed by atoms with Gasteiger partial charge < -0.3 is 10.1 Å². The average molecular weight is 356 g/mol. The van der Waals surface area contributed by atoms with Gasteiger partial charge in [0.05, 0.1) is 22.8 Å². The molecule has 0 amide bonds. The number of nitrogens with one attached hydrogen (secondary N) is 1. The third-order valence-corrected chi connectivity index (χ3v) is 3.68. The molecule has 0 heterocycles. The first-order valence-electron chi connectivity index (χ1n) is 6.65. The Morgan fingerprint density at radius 1 is 1.19 bits per heavy atom. The fraction of sp³-hybridized carbons (Fsp3) is 0.250. The second kappa shape index (κ2) is 6.89. The van der Waals surface area contributed by atoms with E-state index in [0.29, 0.717) is 6.61 Å². The van der Waals surface area contributed by atoms with Crippen LogP contribution in [0.3, 0.4) is 0 Å². The highest BCUT2D eigenvalue weighted by molar-refractivity contribution is 9.10. The van der Waals surface area contributed by atoms with Crippen LogP contribution in [-0.2, 0) is 0 Å². The topological polar surface area (TPSA) is 21.3 Å². The van der Waals surface area contributed by atoms with E-state index in [1.165, 1.54) is 6.07 Å². The van der Waals surface area contributed by atoms with Gasteiger partial charge in [0.15, 0.2) is 0 Å². The van der Waals surface area contributed by atoms with E-state index in [0.717, 1.165) is 17.4 Å². The number of halogens is 3. The zero-order valence-electron chi connectivity index (χ0n) is 11.8. The molecule has 2 aromatic rings. The molecule has 0 aliphatic carbocycles. The summed E-state index contributed by atoms with van der Waals surface area (Å²) in [5.74, 6) is -0.501. The SMILES string of the molecule is CCOc1ccccc1C(C)Nc1cc(Br)c(F)cc1F. The maximum absolute atomic E-state index is 13.8. The zero-order valence-corrected chi connectivity index (χ0v) is 13.4. The molecule has 0 spiro atoms. The number of para-hydroxylation sites is 1.